The van der Waals surface area contributed by atoms with Crippen molar-refractivity contribution < 1.29 is 18.7 Å². The van der Waals surface area contributed by atoms with Gasteiger partial charge < -0.3 is 9.47 Å². The molecule has 0 radical (unpaired) electrons. The Balaban J connectivity index is 2.52. The van der Waals surface area contributed by atoms with Crippen LogP contribution in [0.2, 0.25) is 0 Å². The Kier molecular flexibility index (Phi) is 4.26. The van der Waals surface area contributed by atoms with Gasteiger partial charge in [0.15, 0.2) is 17.3 Å². The number of hydrogen-bond donors (Lipinski definition) is 0. The molecule has 0 saturated carbocycles. The lowest BCUT2D eigenvalue weighted by Gasteiger charge is -2.12. The maximum atomic E-state index is 13.8. The van der Waals surface area contributed by atoms with Gasteiger partial charge in [-0.15, -0.1) is 0 Å². The summed E-state index contributed by atoms with van der Waals surface area (Å²) in [5, 5.41) is 0. The minimum atomic E-state index is -0.563. The molecule has 3 nitrogen and oxygen atoms in total. The van der Waals surface area contributed by atoms with Gasteiger partial charge in [-0.3, -0.25) is 4.79 Å². The summed E-state index contributed by atoms with van der Waals surface area (Å²) in [5.41, 5.74) is 2.51. The molecule has 0 fully saturated rings. The molecule has 0 heterocycles. The van der Waals surface area contributed by atoms with Gasteiger partial charge in [0.05, 0.1) is 19.8 Å². The quantitative estimate of drug-likeness (QED) is 0.805. The van der Waals surface area contributed by atoms with Crippen LogP contribution in [0.15, 0.2) is 30.3 Å². The summed E-state index contributed by atoms with van der Waals surface area (Å²) in [5.74, 6) is -0.231. The van der Waals surface area contributed by atoms with Crippen LogP contribution in [0.3, 0.4) is 0 Å². The van der Waals surface area contributed by atoms with E-state index in [1.54, 1.807) is 12.1 Å². The number of ketones is 1. The van der Waals surface area contributed by atoms with Crippen molar-refractivity contribution in [1.29, 1.82) is 0 Å². The molecule has 110 valence electrons. The van der Waals surface area contributed by atoms with E-state index >= 15 is 0 Å². The van der Waals surface area contributed by atoms with Gasteiger partial charge in [-0.2, -0.15) is 0 Å². The number of rotatable bonds is 4. The summed E-state index contributed by atoms with van der Waals surface area (Å²) < 4.78 is 23.9. The molecule has 0 aliphatic rings. The Morgan fingerprint density at radius 3 is 2.24 bits per heavy atom. The summed E-state index contributed by atoms with van der Waals surface area (Å²) in [6.07, 6.45) is 0. The van der Waals surface area contributed by atoms with Crippen molar-refractivity contribution in [3.05, 3.63) is 58.4 Å². The third kappa shape index (κ3) is 2.89. The maximum Gasteiger partial charge on any atom is 0.197 e. The molecule has 0 amide bonds. The van der Waals surface area contributed by atoms with E-state index in [9.17, 15) is 9.18 Å². The van der Waals surface area contributed by atoms with Crippen LogP contribution in [-0.2, 0) is 0 Å². The fraction of sp³-hybridized carbons (Fsp3) is 0.235. The largest absolute Gasteiger partial charge is 0.496 e. The van der Waals surface area contributed by atoms with Crippen LogP contribution in [0, 0.1) is 19.7 Å². The molecule has 4 heteroatoms. The Hall–Kier alpha value is -2.36. The van der Waals surface area contributed by atoms with Crippen LogP contribution >= 0.6 is 0 Å². The smallest absolute Gasteiger partial charge is 0.197 e. The van der Waals surface area contributed by atoms with Crippen molar-refractivity contribution in [3.63, 3.8) is 0 Å². The van der Waals surface area contributed by atoms with Gasteiger partial charge >= 0.3 is 0 Å². The highest BCUT2D eigenvalue weighted by Gasteiger charge is 2.19. The predicted octanol–water partition coefficient (Wildman–Crippen LogP) is 3.69. The van der Waals surface area contributed by atoms with Crippen LogP contribution in [0.5, 0.6) is 11.5 Å². The molecular formula is C17H17FO3. The Morgan fingerprint density at radius 1 is 1.00 bits per heavy atom. The van der Waals surface area contributed by atoms with E-state index in [0.717, 1.165) is 11.1 Å². The van der Waals surface area contributed by atoms with Crippen molar-refractivity contribution in [2.24, 2.45) is 0 Å². The molecule has 2 aromatic carbocycles. The molecule has 21 heavy (non-hydrogen) atoms. The molecule has 0 spiro atoms. The second-order valence-electron chi connectivity index (χ2n) is 4.84. The SMILES string of the molecule is COc1ccc(C(=O)c2c(C)cc(C)cc2OC)cc1F. The number of ether oxygens (including phenoxy) is 2. The van der Waals surface area contributed by atoms with Crippen LogP contribution in [0.25, 0.3) is 0 Å². The topological polar surface area (TPSA) is 35.5 Å². The zero-order valence-corrected chi connectivity index (χ0v) is 12.5. The van der Waals surface area contributed by atoms with Crippen molar-refractivity contribution in [2.45, 2.75) is 13.8 Å². The summed E-state index contributed by atoms with van der Waals surface area (Å²) in [6.45, 7) is 3.76. The Labute approximate surface area is 123 Å². The molecule has 0 saturated heterocycles. The third-order valence-corrected chi connectivity index (χ3v) is 3.30. The van der Waals surface area contributed by atoms with E-state index in [4.69, 9.17) is 9.47 Å². The van der Waals surface area contributed by atoms with Gasteiger partial charge in [0.2, 0.25) is 0 Å². The van der Waals surface area contributed by atoms with Crippen molar-refractivity contribution >= 4 is 5.78 Å². The number of carbonyl (C=O) groups excluding carboxylic acids is 1. The average molecular weight is 288 g/mol. The fourth-order valence-corrected chi connectivity index (χ4v) is 2.33. The Morgan fingerprint density at radius 2 is 1.67 bits per heavy atom. The number of methoxy groups -OCH3 is 2. The average Bonchev–Trinajstić information content (AvgIpc) is 2.45. The summed E-state index contributed by atoms with van der Waals surface area (Å²) in [7, 11) is 2.90. The first-order valence-electron chi connectivity index (χ1n) is 6.51. The molecule has 0 unspecified atom stereocenters. The zero-order valence-electron chi connectivity index (χ0n) is 12.5. The second-order valence-corrected chi connectivity index (χ2v) is 4.84. The lowest BCUT2D eigenvalue weighted by Crippen LogP contribution is -2.07. The fourth-order valence-electron chi connectivity index (χ4n) is 2.33. The second kappa shape index (κ2) is 5.95. The first-order valence-corrected chi connectivity index (χ1v) is 6.51. The highest BCUT2D eigenvalue weighted by atomic mass is 19.1. The van der Waals surface area contributed by atoms with E-state index in [2.05, 4.69) is 0 Å². The molecule has 0 atom stereocenters. The lowest BCUT2D eigenvalue weighted by atomic mass is 9.96. The van der Waals surface area contributed by atoms with Crippen LogP contribution in [0.4, 0.5) is 4.39 Å². The summed E-state index contributed by atoms with van der Waals surface area (Å²) in [6, 6.07) is 7.86. The third-order valence-electron chi connectivity index (χ3n) is 3.30. The normalized spacial score (nSPS) is 10.3. The molecule has 0 N–H and O–H groups in total. The number of hydrogen-bond acceptors (Lipinski definition) is 3. The standard InChI is InChI=1S/C17H17FO3/c1-10-7-11(2)16(15(8-10)21-4)17(19)12-5-6-14(20-3)13(18)9-12/h5-9H,1-4H3. The lowest BCUT2D eigenvalue weighted by molar-refractivity contribution is 0.103. The van der Waals surface area contributed by atoms with E-state index in [1.807, 2.05) is 19.9 Å². The van der Waals surface area contributed by atoms with Crippen molar-refractivity contribution in [1.82, 2.24) is 0 Å². The minimum absolute atomic E-state index is 0.110. The first-order chi connectivity index (χ1) is 9.97. The summed E-state index contributed by atoms with van der Waals surface area (Å²) in [4.78, 5) is 12.6. The number of aryl methyl sites for hydroxylation is 2. The van der Waals surface area contributed by atoms with Gasteiger partial charge in [0, 0.05) is 5.56 Å². The van der Waals surface area contributed by atoms with E-state index in [-0.39, 0.29) is 17.1 Å². The molecular weight excluding hydrogens is 271 g/mol. The molecule has 0 aromatic heterocycles. The van der Waals surface area contributed by atoms with Crippen LogP contribution in [0.1, 0.15) is 27.0 Å². The zero-order chi connectivity index (χ0) is 15.6. The first kappa shape index (κ1) is 15.0. The van der Waals surface area contributed by atoms with Gasteiger partial charge in [0.25, 0.3) is 0 Å². The predicted molar refractivity (Wildman–Crippen MR) is 78.9 cm³/mol. The molecule has 2 rings (SSSR count). The van der Waals surface area contributed by atoms with E-state index < -0.39 is 5.82 Å². The molecule has 0 aliphatic carbocycles. The molecule has 0 bridgehead atoms. The monoisotopic (exact) mass is 288 g/mol. The van der Waals surface area contributed by atoms with Crippen molar-refractivity contribution in [3.8, 4) is 11.5 Å². The van der Waals surface area contributed by atoms with Gasteiger partial charge in [-0.1, -0.05) is 6.07 Å². The molecule has 2 aromatic rings. The highest BCUT2D eigenvalue weighted by molar-refractivity contribution is 6.11. The van der Waals surface area contributed by atoms with Gasteiger partial charge in [-0.25, -0.2) is 4.39 Å². The summed E-state index contributed by atoms with van der Waals surface area (Å²) >= 11 is 0. The van der Waals surface area contributed by atoms with Gasteiger partial charge in [0.1, 0.15) is 5.75 Å². The number of carbonyl (C=O) groups is 1. The van der Waals surface area contributed by atoms with E-state index in [1.165, 1.54) is 26.4 Å². The van der Waals surface area contributed by atoms with Gasteiger partial charge in [-0.05, 0) is 49.2 Å². The number of benzene rings is 2. The Bertz CT molecular complexity index is 693. The highest BCUT2D eigenvalue weighted by Crippen LogP contribution is 2.28. The van der Waals surface area contributed by atoms with Crippen molar-refractivity contribution in [2.75, 3.05) is 14.2 Å². The van der Waals surface area contributed by atoms with Crippen LogP contribution in [-0.4, -0.2) is 20.0 Å². The number of halogens is 1. The van der Waals surface area contributed by atoms with Crippen LogP contribution < -0.4 is 9.47 Å². The molecule has 0 aliphatic heterocycles. The maximum absolute atomic E-state index is 13.8. The van der Waals surface area contributed by atoms with E-state index in [0.29, 0.717) is 11.3 Å². The minimum Gasteiger partial charge on any atom is -0.496 e.